The molecule has 12 nitrogen and oxygen atoms in total. The van der Waals surface area contributed by atoms with Gasteiger partial charge >= 0.3 is 0 Å². The zero-order chi connectivity index (χ0) is 58.6. The van der Waals surface area contributed by atoms with Crippen molar-refractivity contribution < 1.29 is 29.1 Å². The number of unbranched alkanes of at least 4 members (excludes halogenated alkanes) is 38. The van der Waals surface area contributed by atoms with Crippen LogP contribution in [0, 0.1) is 0 Å². The minimum atomic E-state index is -0.575. The lowest BCUT2D eigenvalue weighted by molar-refractivity contribution is -0.146. The zero-order valence-electron chi connectivity index (χ0n) is 53.1. The lowest BCUT2D eigenvalue weighted by Gasteiger charge is -2.31. The summed E-state index contributed by atoms with van der Waals surface area (Å²) >= 11 is 0. The minimum absolute atomic E-state index is 0.0201. The van der Waals surface area contributed by atoms with Crippen LogP contribution in [0.5, 0.6) is 0 Å². The van der Waals surface area contributed by atoms with Gasteiger partial charge in [-0.15, -0.1) is 0 Å². The molecule has 0 atom stereocenters. The molecule has 5 amide bonds. The lowest BCUT2D eigenvalue weighted by atomic mass is 10.1. The van der Waals surface area contributed by atoms with E-state index in [0.717, 1.165) is 122 Å². The van der Waals surface area contributed by atoms with Crippen LogP contribution < -0.4 is 11.1 Å². The number of amides is 5. The molecule has 0 aromatic carbocycles. The van der Waals surface area contributed by atoms with E-state index >= 15 is 0 Å². The first-order valence-corrected chi connectivity index (χ1v) is 34.2. The molecular formula is C68H130N6O6. The van der Waals surface area contributed by atoms with Crippen LogP contribution in [0.1, 0.15) is 310 Å². The number of carbonyl (C=O) groups is 5. The van der Waals surface area contributed by atoms with E-state index < -0.39 is 5.91 Å². The first kappa shape index (κ1) is 76.8. The van der Waals surface area contributed by atoms with E-state index in [-0.39, 0.29) is 69.5 Å². The number of nitrogens with one attached hydrogen (secondary N) is 1. The molecule has 80 heavy (non-hydrogen) atoms. The Labute approximate surface area is 493 Å². The van der Waals surface area contributed by atoms with Gasteiger partial charge in [0.1, 0.15) is 0 Å². The summed E-state index contributed by atoms with van der Waals surface area (Å²) in [6.45, 7) is 10.1. The Bertz CT molecular complexity index is 1490. The van der Waals surface area contributed by atoms with E-state index in [4.69, 9.17) is 5.73 Å². The molecule has 0 unspecified atom stereocenters. The van der Waals surface area contributed by atoms with Gasteiger partial charge in [0.15, 0.2) is 0 Å². The third kappa shape index (κ3) is 50.5. The standard InChI is InChI=1S/C68H130N6O6/c1-5-9-13-17-21-25-27-29-31-33-35-37-39-43-45-49-54-71(60-64(69)76)66(78)62-73(56-51-47-42-24-20-16-12-8-4)68(80)63-74(57-52-48-44-40-38-36-34-32-30-28-26-22-18-14-10-6-2)67(79)61-72(65(77)59-70-53-58-75)55-50-46-41-23-19-15-11-7-3/h29-32,70,75H,5-28,33-63H2,1-4H3,(H2,69,76)/b31-29-,32-30-. The van der Waals surface area contributed by atoms with Gasteiger partial charge in [-0.2, -0.15) is 0 Å². The molecule has 0 bridgehead atoms. The maximum absolute atomic E-state index is 14.6. The second-order valence-corrected chi connectivity index (χ2v) is 23.5. The highest BCUT2D eigenvalue weighted by atomic mass is 16.3. The SMILES string of the molecule is CCCCCCCC/C=C\CCCCCCCCN(CC(N)=O)C(=O)CN(CCCCCCCCCC)C(=O)CN(CCCCCCCC/C=C\CCCCCCCC)C(=O)CN(CCCCCCCCCC)C(=O)CNCCO. The van der Waals surface area contributed by atoms with Crippen molar-refractivity contribution in [2.75, 3.05) is 72.1 Å². The summed E-state index contributed by atoms with van der Waals surface area (Å²) in [5.41, 5.74) is 5.73. The molecule has 0 heterocycles. The number of aliphatic hydroxyl groups is 1. The summed E-state index contributed by atoms with van der Waals surface area (Å²) in [6, 6.07) is 0. The average molecular weight is 1130 g/mol. The molecule has 12 heteroatoms. The fourth-order valence-electron chi connectivity index (χ4n) is 10.5. The number of hydrogen-bond donors (Lipinski definition) is 3. The average Bonchev–Trinajstić information content (AvgIpc) is 3.44. The van der Waals surface area contributed by atoms with Crippen LogP contribution in [0.15, 0.2) is 24.3 Å². The van der Waals surface area contributed by atoms with Crippen molar-refractivity contribution in [3.05, 3.63) is 24.3 Å². The third-order valence-corrected chi connectivity index (χ3v) is 15.7. The summed E-state index contributed by atoms with van der Waals surface area (Å²) in [7, 11) is 0. The monoisotopic (exact) mass is 1130 g/mol. The summed E-state index contributed by atoms with van der Waals surface area (Å²) in [5.74, 6) is -1.63. The number of carbonyl (C=O) groups excluding carboxylic acids is 5. The quantitative estimate of drug-likeness (QED) is 0.0404. The number of rotatable bonds is 62. The number of nitrogens with zero attached hydrogens (tertiary/aromatic N) is 4. The van der Waals surface area contributed by atoms with Gasteiger partial charge < -0.3 is 35.8 Å². The van der Waals surface area contributed by atoms with Gasteiger partial charge in [0.05, 0.1) is 39.3 Å². The molecule has 0 aromatic heterocycles. The second kappa shape index (κ2) is 60.3. The summed E-state index contributed by atoms with van der Waals surface area (Å²) < 4.78 is 0. The van der Waals surface area contributed by atoms with Gasteiger partial charge in [0.25, 0.3) is 0 Å². The van der Waals surface area contributed by atoms with Gasteiger partial charge in [0, 0.05) is 32.7 Å². The van der Waals surface area contributed by atoms with Crippen molar-refractivity contribution in [2.24, 2.45) is 5.73 Å². The molecular weight excluding hydrogens is 997 g/mol. The number of primary amides is 1. The highest BCUT2D eigenvalue weighted by Crippen LogP contribution is 2.16. The number of aliphatic hydroxyl groups excluding tert-OH is 1. The van der Waals surface area contributed by atoms with Crippen LogP contribution in [0.3, 0.4) is 0 Å². The molecule has 0 saturated heterocycles. The molecule has 0 spiro atoms. The summed E-state index contributed by atoms with van der Waals surface area (Å²) in [5, 5.41) is 12.4. The first-order chi connectivity index (χ1) is 39.1. The van der Waals surface area contributed by atoms with E-state index in [1.807, 2.05) is 0 Å². The predicted octanol–water partition coefficient (Wildman–Crippen LogP) is 15.7. The van der Waals surface area contributed by atoms with Crippen LogP contribution in [0.4, 0.5) is 0 Å². The Balaban J connectivity index is 5.99. The van der Waals surface area contributed by atoms with Crippen LogP contribution >= 0.6 is 0 Å². The van der Waals surface area contributed by atoms with Gasteiger partial charge in [-0.3, -0.25) is 24.0 Å². The normalized spacial score (nSPS) is 11.6. The molecule has 0 aliphatic heterocycles. The second-order valence-electron chi connectivity index (χ2n) is 23.5. The van der Waals surface area contributed by atoms with Crippen molar-refractivity contribution in [2.45, 2.75) is 310 Å². The minimum Gasteiger partial charge on any atom is -0.395 e. The largest absolute Gasteiger partial charge is 0.395 e. The number of nitrogens with two attached hydrogens (primary N) is 1. The Kier molecular flexibility index (Phi) is 57.9. The lowest BCUT2D eigenvalue weighted by Crippen LogP contribution is -2.51. The molecule has 468 valence electrons. The predicted molar refractivity (Wildman–Crippen MR) is 340 cm³/mol. The maximum Gasteiger partial charge on any atom is 0.242 e. The number of allylic oxidation sites excluding steroid dienone is 4. The summed E-state index contributed by atoms with van der Waals surface area (Å²) in [4.78, 5) is 75.8. The maximum atomic E-state index is 14.6. The molecule has 0 fully saturated rings. The van der Waals surface area contributed by atoms with Crippen LogP contribution in [0.25, 0.3) is 0 Å². The van der Waals surface area contributed by atoms with Gasteiger partial charge in [-0.1, -0.05) is 257 Å². The van der Waals surface area contributed by atoms with Gasteiger partial charge in [-0.05, 0) is 77.0 Å². The summed E-state index contributed by atoms with van der Waals surface area (Å²) in [6.07, 6.45) is 59.9. The molecule has 4 N–H and O–H groups in total. The smallest absolute Gasteiger partial charge is 0.242 e. The van der Waals surface area contributed by atoms with Crippen molar-refractivity contribution in [1.29, 1.82) is 0 Å². The molecule has 0 aliphatic rings. The topological polar surface area (TPSA) is 157 Å². The molecule has 0 rings (SSSR count). The van der Waals surface area contributed by atoms with Crippen molar-refractivity contribution >= 4 is 29.5 Å². The Morgan fingerprint density at radius 2 is 0.550 bits per heavy atom. The molecule has 0 aromatic rings. The first-order valence-electron chi connectivity index (χ1n) is 34.2. The van der Waals surface area contributed by atoms with E-state index in [1.165, 1.54) is 165 Å². The van der Waals surface area contributed by atoms with Gasteiger partial charge in [-0.25, -0.2) is 0 Å². The fourth-order valence-corrected chi connectivity index (χ4v) is 10.5. The Morgan fingerprint density at radius 3 is 0.800 bits per heavy atom. The molecule has 0 aliphatic carbocycles. The van der Waals surface area contributed by atoms with Gasteiger partial charge in [0.2, 0.25) is 29.5 Å². The fraction of sp³-hybridized carbons (Fsp3) is 0.868. The van der Waals surface area contributed by atoms with E-state index in [2.05, 4.69) is 57.3 Å². The Hall–Kier alpha value is -3.25. The van der Waals surface area contributed by atoms with Crippen molar-refractivity contribution in [1.82, 2.24) is 24.9 Å². The number of hydrogen-bond acceptors (Lipinski definition) is 7. The van der Waals surface area contributed by atoms with Crippen LogP contribution in [-0.2, 0) is 24.0 Å². The van der Waals surface area contributed by atoms with Crippen molar-refractivity contribution in [3.8, 4) is 0 Å². The Morgan fingerprint density at radius 1 is 0.325 bits per heavy atom. The molecule has 0 saturated carbocycles. The van der Waals surface area contributed by atoms with Crippen LogP contribution in [0.2, 0.25) is 0 Å². The molecule has 0 radical (unpaired) electrons. The van der Waals surface area contributed by atoms with E-state index in [1.54, 1.807) is 14.7 Å². The highest BCUT2D eigenvalue weighted by molar-refractivity contribution is 5.91. The van der Waals surface area contributed by atoms with E-state index in [0.29, 0.717) is 26.2 Å². The van der Waals surface area contributed by atoms with Crippen LogP contribution in [-0.4, -0.2) is 126 Å². The van der Waals surface area contributed by atoms with Crippen molar-refractivity contribution in [3.63, 3.8) is 0 Å². The van der Waals surface area contributed by atoms with E-state index in [9.17, 15) is 29.1 Å². The zero-order valence-corrected chi connectivity index (χ0v) is 53.1. The highest BCUT2D eigenvalue weighted by Gasteiger charge is 2.27. The third-order valence-electron chi connectivity index (χ3n) is 15.7.